The van der Waals surface area contributed by atoms with Gasteiger partial charge in [0.15, 0.2) is 11.4 Å². The lowest BCUT2D eigenvalue weighted by Gasteiger charge is -2.38. The molecule has 1 aromatic rings. The molecule has 25 heavy (non-hydrogen) atoms. The van der Waals surface area contributed by atoms with E-state index in [1.807, 2.05) is 0 Å². The molecule has 2 N–H and O–H groups in total. The standard InChI is InChI=1S/C15H17N3O7/c1-8(19)18-7-16(5-9-3-2-4-25-9)14(22)11-13(21)12(20)10(15(23)24)6-17(11)18/h6,9,21H,2-5,7H2,1H3,(H,23,24)/t9-/m0/s1. The molecule has 10 heteroatoms. The van der Waals surface area contributed by atoms with E-state index >= 15 is 0 Å². The van der Waals surface area contributed by atoms with E-state index in [1.165, 1.54) is 11.8 Å². The largest absolute Gasteiger partial charge is 0.502 e. The van der Waals surface area contributed by atoms with E-state index in [4.69, 9.17) is 9.84 Å². The van der Waals surface area contributed by atoms with Crippen LogP contribution in [0, 0.1) is 0 Å². The van der Waals surface area contributed by atoms with Gasteiger partial charge in [-0.25, -0.2) is 14.5 Å². The van der Waals surface area contributed by atoms with Gasteiger partial charge in [-0.05, 0) is 12.8 Å². The fourth-order valence-corrected chi connectivity index (χ4v) is 3.00. The molecule has 0 aliphatic carbocycles. The number of carbonyl (C=O) groups is 3. The Bertz CT molecular complexity index is 810. The number of ether oxygens (including phenoxy) is 1. The Kier molecular flexibility index (Phi) is 4.21. The number of pyridine rings is 1. The summed E-state index contributed by atoms with van der Waals surface area (Å²) in [6.45, 7) is 1.89. The molecule has 1 aromatic heterocycles. The lowest BCUT2D eigenvalue weighted by molar-refractivity contribution is -0.118. The van der Waals surface area contributed by atoms with Crippen molar-refractivity contribution in [1.82, 2.24) is 9.58 Å². The number of aromatic carboxylic acids is 1. The highest BCUT2D eigenvalue weighted by atomic mass is 16.5. The lowest BCUT2D eigenvalue weighted by atomic mass is 10.1. The van der Waals surface area contributed by atoms with Crippen molar-refractivity contribution in [3.05, 3.63) is 27.7 Å². The molecule has 0 unspecified atom stereocenters. The SMILES string of the molecule is CC(=O)N1CN(C[C@@H]2CCCO2)C(=O)c2c(O)c(=O)c(C(=O)O)cn21. The second-order valence-electron chi connectivity index (χ2n) is 5.94. The van der Waals surface area contributed by atoms with Crippen LogP contribution in [-0.4, -0.2) is 63.5 Å². The summed E-state index contributed by atoms with van der Waals surface area (Å²) >= 11 is 0. The van der Waals surface area contributed by atoms with Crippen LogP contribution in [0.1, 0.15) is 40.6 Å². The summed E-state index contributed by atoms with van der Waals surface area (Å²) in [5.41, 5.74) is -2.34. The third kappa shape index (κ3) is 2.84. The maximum atomic E-state index is 12.7. The van der Waals surface area contributed by atoms with Gasteiger partial charge in [-0.2, -0.15) is 0 Å². The first kappa shape index (κ1) is 17.0. The van der Waals surface area contributed by atoms with Gasteiger partial charge in [0, 0.05) is 26.3 Å². The van der Waals surface area contributed by atoms with Crippen LogP contribution in [0.4, 0.5) is 0 Å². The van der Waals surface area contributed by atoms with Gasteiger partial charge in [-0.1, -0.05) is 0 Å². The number of nitrogens with zero attached hydrogens (tertiary/aromatic N) is 3. The van der Waals surface area contributed by atoms with Crippen LogP contribution in [0.5, 0.6) is 5.75 Å². The number of rotatable bonds is 3. The maximum Gasteiger partial charge on any atom is 0.341 e. The summed E-state index contributed by atoms with van der Waals surface area (Å²) < 4.78 is 6.41. The van der Waals surface area contributed by atoms with Crippen LogP contribution >= 0.6 is 0 Å². The average Bonchev–Trinajstić information content (AvgIpc) is 3.05. The van der Waals surface area contributed by atoms with Gasteiger partial charge in [0.1, 0.15) is 12.2 Å². The molecule has 0 saturated carbocycles. The van der Waals surface area contributed by atoms with Crippen LogP contribution in [0.15, 0.2) is 11.0 Å². The van der Waals surface area contributed by atoms with Crippen molar-refractivity contribution in [2.75, 3.05) is 24.8 Å². The number of carbonyl (C=O) groups excluding carboxylic acids is 2. The molecular formula is C15H17N3O7. The second kappa shape index (κ2) is 6.20. The smallest absolute Gasteiger partial charge is 0.341 e. The molecule has 2 aliphatic rings. The quantitative estimate of drug-likeness (QED) is 0.738. The summed E-state index contributed by atoms with van der Waals surface area (Å²) in [6.07, 6.45) is 2.33. The highest BCUT2D eigenvalue weighted by Crippen LogP contribution is 2.23. The van der Waals surface area contributed by atoms with Crippen molar-refractivity contribution < 1.29 is 29.3 Å². The molecule has 3 rings (SSSR count). The number of amides is 2. The van der Waals surface area contributed by atoms with Crippen LogP contribution in [0.3, 0.4) is 0 Å². The molecule has 2 aliphatic heterocycles. The van der Waals surface area contributed by atoms with Gasteiger partial charge < -0.3 is 19.8 Å². The minimum absolute atomic E-state index is 0.137. The van der Waals surface area contributed by atoms with Crippen molar-refractivity contribution >= 4 is 17.8 Å². The van der Waals surface area contributed by atoms with E-state index in [0.29, 0.717) is 6.61 Å². The van der Waals surface area contributed by atoms with E-state index in [0.717, 1.165) is 28.7 Å². The number of fused-ring (bicyclic) bond motifs is 1. The predicted octanol–water partition coefficient (Wildman–Crippen LogP) is -0.671. The number of carboxylic acid groups (broad SMARTS) is 1. The number of carboxylic acids is 1. The van der Waals surface area contributed by atoms with Crippen molar-refractivity contribution in [3.8, 4) is 5.75 Å². The molecule has 2 amide bonds. The van der Waals surface area contributed by atoms with Crippen molar-refractivity contribution in [2.24, 2.45) is 0 Å². The van der Waals surface area contributed by atoms with E-state index in [2.05, 4.69) is 0 Å². The molecule has 0 spiro atoms. The number of aromatic nitrogens is 1. The van der Waals surface area contributed by atoms with Crippen LogP contribution < -0.4 is 10.4 Å². The molecule has 1 fully saturated rings. The summed E-state index contributed by atoms with van der Waals surface area (Å²) in [7, 11) is 0. The van der Waals surface area contributed by atoms with E-state index in [-0.39, 0.29) is 19.3 Å². The lowest BCUT2D eigenvalue weighted by Crippen LogP contribution is -2.57. The van der Waals surface area contributed by atoms with Crippen molar-refractivity contribution in [1.29, 1.82) is 0 Å². The maximum absolute atomic E-state index is 12.7. The normalized spacial score (nSPS) is 19.9. The Morgan fingerprint density at radius 2 is 2.08 bits per heavy atom. The highest BCUT2D eigenvalue weighted by Gasteiger charge is 2.37. The van der Waals surface area contributed by atoms with Gasteiger partial charge in [-0.3, -0.25) is 14.4 Å². The van der Waals surface area contributed by atoms with Crippen LogP contribution in [0.25, 0.3) is 0 Å². The average molecular weight is 351 g/mol. The van der Waals surface area contributed by atoms with Crippen LogP contribution in [0.2, 0.25) is 0 Å². The molecule has 10 nitrogen and oxygen atoms in total. The Morgan fingerprint density at radius 3 is 2.64 bits per heavy atom. The van der Waals surface area contributed by atoms with Gasteiger partial charge in [0.05, 0.1) is 6.10 Å². The fraction of sp³-hybridized carbons (Fsp3) is 0.467. The summed E-state index contributed by atoms with van der Waals surface area (Å²) in [6, 6.07) is 0. The first-order valence-corrected chi connectivity index (χ1v) is 7.72. The summed E-state index contributed by atoms with van der Waals surface area (Å²) in [4.78, 5) is 49.1. The zero-order valence-corrected chi connectivity index (χ0v) is 13.5. The summed E-state index contributed by atoms with van der Waals surface area (Å²) in [5, 5.41) is 20.3. The van der Waals surface area contributed by atoms with E-state index in [9.17, 15) is 24.3 Å². The van der Waals surface area contributed by atoms with E-state index in [1.54, 1.807) is 0 Å². The Morgan fingerprint density at radius 1 is 1.36 bits per heavy atom. The van der Waals surface area contributed by atoms with Crippen molar-refractivity contribution in [2.45, 2.75) is 25.9 Å². The third-order valence-electron chi connectivity index (χ3n) is 4.26. The second-order valence-corrected chi connectivity index (χ2v) is 5.94. The fourth-order valence-electron chi connectivity index (χ4n) is 3.00. The Balaban J connectivity index is 2.09. The highest BCUT2D eigenvalue weighted by molar-refractivity contribution is 6.00. The first-order valence-electron chi connectivity index (χ1n) is 7.72. The first-order chi connectivity index (χ1) is 11.8. The van der Waals surface area contributed by atoms with Crippen molar-refractivity contribution in [3.63, 3.8) is 0 Å². The molecule has 0 radical (unpaired) electrons. The van der Waals surface area contributed by atoms with Crippen LogP contribution in [-0.2, 0) is 9.53 Å². The molecule has 0 aromatic carbocycles. The molecule has 134 valence electrons. The minimum Gasteiger partial charge on any atom is -0.502 e. The number of hydrogen-bond acceptors (Lipinski definition) is 6. The van der Waals surface area contributed by atoms with Gasteiger partial charge >= 0.3 is 5.97 Å². The van der Waals surface area contributed by atoms with Gasteiger partial charge in [-0.15, -0.1) is 0 Å². The predicted molar refractivity (Wildman–Crippen MR) is 83.1 cm³/mol. The molecule has 0 bridgehead atoms. The third-order valence-corrected chi connectivity index (χ3v) is 4.26. The van der Waals surface area contributed by atoms with E-state index < -0.39 is 40.2 Å². The molecule has 1 atom stereocenters. The van der Waals surface area contributed by atoms with Gasteiger partial charge in [0.25, 0.3) is 5.91 Å². The number of hydrogen-bond donors (Lipinski definition) is 2. The summed E-state index contributed by atoms with van der Waals surface area (Å²) in [5.74, 6) is -3.70. The monoisotopic (exact) mass is 351 g/mol. The molecular weight excluding hydrogens is 334 g/mol. The molecule has 3 heterocycles. The Labute approximate surface area is 141 Å². The number of aromatic hydroxyl groups is 1. The molecule has 1 saturated heterocycles. The minimum atomic E-state index is -1.56. The van der Waals surface area contributed by atoms with Gasteiger partial charge in [0.2, 0.25) is 11.3 Å². The zero-order valence-electron chi connectivity index (χ0n) is 13.5. The topological polar surface area (TPSA) is 129 Å². The Hall–Kier alpha value is -2.88. The zero-order chi connectivity index (χ0) is 18.3.